The average Bonchev–Trinajstić information content (AvgIpc) is 2.44. The zero-order valence-corrected chi connectivity index (χ0v) is 13.5. The van der Waals surface area contributed by atoms with Crippen LogP contribution >= 0.6 is 0 Å². The van der Waals surface area contributed by atoms with E-state index in [2.05, 4.69) is 50.4 Å². The molecule has 0 aromatic heterocycles. The second kappa shape index (κ2) is 10.7. The summed E-state index contributed by atoms with van der Waals surface area (Å²) in [7, 11) is 0. The summed E-state index contributed by atoms with van der Waals surface area (Å²) in [5, 5.41) is 3.50. The summed E-state index contributed by atoms with van der Waals surface area (Å²) in [6.45, 7) is 9.66. The van der Waals surface area contributed by atoms with Gasteiger partial charge in [-0.25, -0.2) is 0 Å². The summed E-state index contributed by atoms with van der Waals surface area (Å²) >= 11 is 0. The van der Waals surface area contributed by atoms with Gasteiger partial charge in [0.2, 0.25) is 0 Å². The van der Waals surface area contributed by atoms with Crippen molar-refractivity contribution < 1.29 is 4.74 Å². The monoisotopic (exact) mass is 277 g/mol. The highest BCUT2D eigenvalue weighted by Gasteiger charge is 1.97. The quantitative estimate of drug-likeness (QED) is 0.588. The van der Waals surface area contributed by atoms with E-state index in [1.807, 2.05) is 0 Å². The van der Waals surface area contributed by atoms with Crippen molar-refractivity contribution in [2.24, 2.45) is 5.92 Å². The van der Waals surface area contributed by atoms with Gasteiger partial charge in [-0.05, 0) is 49.4 Å². The molecule has 0 atom stereocenters. The maximum atomic E-state index is 5.71. The van der Waals surface area contributed by atoms with Crippen molar-refractivity contribution in [3.8, 4) is 5.75 Å². The summed E-state index contributed by atoms with van der Waals surface area (Å²) in [6, 6.07) is 8.48. The molecule has 0 radical (unpaired) electrons. The van der Waals surface area contributed by atoms with Crippen LogP contribution in [0.2, 0.25) is 0 Å². The van der Waals surface area contributed by atoms with Gasteiger partial charge in [0.15, 0.2) is 0 Å². The van der Waals surface area contributed by atoms with Gasteiger partial charge in [0.05, 0.1) is 6.61 Å². The SMILES string of the molecule is CCCCCOc1ccc(CNCCCC(C)C)cc1. The van der Waals surface area contributed by atoms with Crippen LogP contribution in [0.5, 0.6) is 5.75 Å². The van der Waals surface area contributed by atoms with E-state index < -0.39 is 0 Å². The van der Waals surface area contributed by atoms with Crippen molar-refractivity contribution in [2.45, 2.75) is 59.4 Å². The van der Waals surface area contributed by atoms with Gasteiger partial charge in [0.25, 0.3) is 0 Å². The van der Waals surface area contributed by atoms with Gasteiger partial charge in [-0.2, -0.15) is 0 Å². The van der Waals surface area contributed by atoms with E-state index in [9.17, 15) is 0 Å². The van der Waals surface area contributed by atoms with Crippen LogP contribution in [-0.2, 0) is 6.54 Å². The van der Waals surface area contributed by atoms with Crippen LogP contribution in [0, 0.1) is 5.92 Å². The molecule has 20 heavy (non-hydrogen) atoms. The van der Waals surface area contributed by atoms with Gasteiger partial charge in [-0.3, -0.25) is 0 Å². The Kier molecular flexibility index (Phi) is 9.14. The Balaban J connectivity index is 2.15. The minimum absolute atomic E-state index is 0.806. The zero-order valence-electron chi connectivity index (χ0n) is 13.5. The number of unbranched alkanes of at least 4 members (excludes halogenated alkanes) is 2. The summed E-state index contributed by atoms with van der Waals surface area (Å²) in [5.74, 6) is 1.80. The second-order valence-electron chi connectivity index (χ2n) is 5.91. The molecule has 0 saturated heterocycles. The largest absolute Gasteiger partial charge is 0.494 e. The molecule has 0 fully saturated rings. The van der Waals surface area contributed by atoms with Crippen molar-refractivity contribution in [3.63, 3.8) is 0 Å². The van der Waals surface area contributed by atoms with Gasteiger partial charge in [-0.1, -0.05) is 45.7 Å². The number of rotatable bonds is 11. The van der Waals surface area contributed by atoms with Gasteiger partial charge < -0.3 is 10.1 Å². The Hall–Kier alpha value is -1.02. The molecule has 1 N–H and O–H groups in total. The minimum atomic E-state index is 0.806. The van der Waals surface area contributed by atoms with Crippen molar-refractivity contribution in [1.29, 1.82) is 0 Å². The highest BCUT2D eigenvalue weighted by Crippen LogP contribution is 2.13. The fraction of sp³-hybridized carbons (Fsp3) is 0.667. The van der Waals surface area contributed by atoms with Crippen LogP contribution in [0.15, 0.2) is 24.3 Å². The van der Waals surface area contributed by atoms with Crippen LogP contribution in [0.4, 0.5) is 0 Å². The summed E-state index contributed by atoms with van der Waals surface area (Å²) in [5.41, 5.74) is 1.33. The number of benzene rings is 1. The molecule has 0 aliphatic heterocycles. The Morgan fingerprint density at radius 3 is 2.45 bits per heavy atom. The molecular formula is C18H31NO. The van der Waals surface area contributed by atoms with E-state index in [-0.39, 0.29) is 0 Å². The number of nitrogens with one attached hydrogen (secondary N) is 1. The molecule has 0 amide bonds. The Bertz CT molecular complexity index is 332. The van der Waals surface area contributed by atoms with E-state index in [0.29, 0.717) is 0 Å². The molecule has 2 nitrogen and oxygen atoms in total. The van der Waals surface area contributed by atoms with Crippen LogP contribution in [0.1, 0.15) is 58.4 Å². The maximum Gasteiger partial charge on any atom is 0.119 e. The molecule has 114 valence electrons. The molecule has 0 aliphatic rings. The van der Waals surface area contributed by atoms with E-state index in [1.165, 1.54) is 31.2 Å². The Morgan fingerprint density at radius 1 is 1.05 bits per heavy atom. The predicted octanol–water partition coefficient (Wildman–Crippen LogP) is 4.78. The Morgan fingerprint density at radius 2 is 1.80 bits per heavy atom. The lowest BCUT2D eigenvalue weighted by molar-refractivity contribution is 0.306. The predicted molar refractivity (Wildman–Crippen MR) is 87.2 cm³/mol. The Labute approximate surface area is 124 Å². The van der Waals surface area contributed by atoms with E-state index in [1.54, 1.807) is 0 Å². The van der Waals surface area contributed by atoms with Crippen LogP contribution in [-0.4, -0.2) is 13.2 Å². The van der Waals surface area contributed by atoms with Gasteiger partial charge >= 0.3 is 0 Å². The van der Waals surface area contributed by atoms with Gasteiger partial charge in [-0.15, -0.1) is 0 Å². The van der Waals surface area contributed by atoms with Gasteiger partial charge in [0.1, 0.15) is 5.75 Å². The fourth-order valence-electron chi connectivity index (χ4n) is 2.11. The zero-order chi connectivity index (χ0) is 14.6. The molecule has 1 aromatic rings. The first kappa shape index (κ1) is 17.0. The van der Waals surface area contributed by atoms with Gasteiger partial charge in [0, 0.05) is 6.54 Å². The average molecular weight is 277 g/mol. The third-order valence-electron chi connectivity index (χ3n) is 3.40. The lowest BCUT2D eigenvalue weighted by atomic mass is 10.1. The number of hydrogen-bond donors (Lipinski definition) is 1. The highest BCUT2D eigenvalue weighted by molar-refractivity contribution is 5.27. The number of ether oxygens (including phenoxy) is 1. The van der Waals surface area contributed by atoms with E-state index in [4.69, 9.17) is 4.74 Å². The fourth-order valence-corrected chi connectivity index (χ4v) is 2.11. The molecular weight excluding hydrogens is 246 g/mol. The smallest absolute Gasteiger partial charge is 0.119 e. The maximum absolute atomic E-state index is 5.71. The molecule has 0 aliphatic carbocycles. The third-order valence-corrected chi connectivity index (χ3v) is 3.40. The highest BCUT2D eigenvalue weighted by atomic mass is 16.5. The van der Waals surface area contributed by atoms with Crippen LogP contribution in [0.3, 0.4) is 0 Å². The van der Waals surface area contributed by atoms with Crippen molar-refractivity contribution >= 4 is 0 Å². The molecule has 1 aromatic carbocycles. The first-order valence-electron chi connectivity index (χ1n) is 8.14. The van der Waals surface area contributed by atoms with Crippen molar-refractivity contribution in [1.82, 2.24) is 5.32 Å². The summed E-state index contributed by atoms with van der Waals surface area (Å²) in [4.78, 5) is 0. The standard InChI is InChI=1S/C18H31NO/c1-4-5-6-14-20-18-11-9-17(10-12-18)15-19-13-7-8-16(2)3/h9-12,16,19H,4-8,13-15H2,1-3H3. The molecule has 1 rings (SSSR count). The van der Waals surface area contributed by atoms with E-state index >= 15 is 0 Å². The second-order valence-corrected chi connectivity index (χ2v) is 5.91. The lowest BCUT2D eigenvalue weighted by Gasteiger charge is -2.08. The molecule has 0 saturated carbocycles. The molecule has 0 heterocycles. The minimum Gasteiger partial charge on any atom is -0.494 e. The summed E-state index contributed by atoms with van der Waals surface area (Å²) < 4.78 is 5.71. The van der Waals surface area contributed by atoms with E-state index in [0.717, 1.165) is 37.8 Å². The third kappa shape index (κ3) is 8.21. The molecule has 0 spiro atoms. The molecule has 0 bridgehead atoms. The topological polar surface area (TPSA) is 21.3 Å². The molecule has 0 unspecified atom stereocenters. The lowest BCUT2D eigenvalue weighted by Crippen LogP contribution is -2.15. The van der Waals surface area contributed by atoms with Crippen LogP contribution in [0.25, 0.3) is 0 Å². The normalized spacial score (nSPS) is 11.0. The first-order valence-corrected chi connectivity index (χ1v) is 8.14. The van der Waals surface area contributed by atoms with Crippen LogP contribution < -0.4 is 10.1 Å². The van der Waals surface area contributed by atoms with Crippen molar-refractivity contribution in [3.05, 3.63) is 29.8 Å². The molecule has 2 heteroatoms. The van der Waals surface area contributed by atoms with Crippen molar-refractivity contribution in [2.75, 3.05) is 13.2 Å². The summed E-state index contributed by atoms with van der Waals surface area (Å²) in [6.07, 6.45) is 6.20. The first-order chi connectivity index (χ1) is 9.72. The number of hydrogen-bond acceptors (Lipinski definition) is 2.